The van der Waals surface area contributed by atoms with Crippen molar-refractivity contribution in [3.05, 3.63) is 66.9 Å². The summed E-state index contributed by atoms with van der Waals surface area (Å²) in [5.41, 5.74) is 2.42. The average molecular weight is 270 g/mol. The van der Waals surface area contributed by atoms with Gasteiger partial charge in [-0.25, -0.2) is 0 Å². The van der Waals surface area contributed by atoms with Crippen LogP contribution in [0.5, 0.6) is 5.75 Å². The third-order valence-electron chi connectivity index (χ3n) is 2.30. The number of rotatable bonds is 3. The monoisotopic (exact) mass is 270 g/mol. The summed E-state index contributed by atoms with van der Waals surface area (Å²) in [6.45, 7) is 9.93. The Hall–Kier alpha value is -2.02. The summed E-state index contributed by atoms with van der Waals surface area (Å²) in [6.07, 6.45) is 3.54. The van der Waals surface area contributed by atoms with Crippen molar-refractivity contribution in [1.82, 2.24) is 0 Å². The fraction of sp³-hybridized carbons (Fsp3) is 0.263. The third kappa shape index (κ3) is 6.24. The van der Waals surface area contributed by atoms with Crippen LogP contribution in [0.15, 0.2) is 66.9 Å². The predicted molar refractivity (Wildman–Crippen MR) is 90.0 cm³/mol. The van der Waals surface area contributed by atoms with Gasteiger partial charge in [0.1, 0.15) is 5.75 Å². The van der Waals surface area contributed by atoms with Crippen LogP contribution < -0.4 is 4.74 Å². The van der Waals surface area contributed by atoms with Crippen LogP contribution in [0, 0.1) is 0 Å². The van der Waals surface area contributed by atoms with Crippen LogP contribution in [0.4, 0.5) is 0 Å². The van der Waals surface area contributed by atoms with Gasteiger partial charge in [-0.15, -0.1) is 0 Å². The molecule has 0 spiro atoms. The predicted octanol–water partition coefficient (Wildman–Crippen LogP) is 6.32. The highest BCUT2D eigenvalue weighted by Gasteiger charge is 1.96. The van der Waals surface area contributed by atoms with E-state index in [1.165, 1.54) is 11.1 Å². The molecule has 0 aliphatic carbocycles. The zero-order valence-corrected chi connectivity index (χ0v) is 13.3. The van der Waals surface area contributed by atoms with Crippen LogP contribution in [0.25, 0.3) is 11.1 Å². The van der Waals surface area contributed by atoms with Gasteiger partial charge in [0.2, 0.25) is 0 Å². The Balaban J connectivity index is 0.000000829. The molecule has 0 bridgehead atoms. The van der Waals surface area contributed by atoms with Crippen LogP contribution in [-0.4, -0.2) is 0 Å². The molecule has 0 saturated carbocycles. The Morgan fingerprint density at radius 3 is 1.70 bits per heavy atom. The first-order chi connectivity index (χ1) is 9.90. The maximum atomic E-state index is 5.37. The zero-order valence-electron chi connectivity index (χ0n) is 13.3. The highest BCUT2D eigenvalue weighted by Crippen LogP contribution is 2.21. The van der Waals surface area contributed by atoms with Crippen molar-refractivity contribution in [2.24, 2.45) is 0 Å². The second kappa shape index (κ2) is 12.0. The fourth-order valence-corrected chi connectivity index (χ4v) is 1.50. The topological polar surface area (TPSA) is 9.23 Å². The second-order valence-electron chi connectivity index (χ2n) is 3.48. The van der Waals surface area contributed by atoms with Crippen molar-refractivity contribution in [3.8, 4) is 16.9 Å². The lowest BCUT2D eigenvalue weighted by Gasteiger charge is -2.03. The van der Waals surface area contributed by atoms with Gasteiger partial charge >= 0.3 is 0 Å². The second-order valence-corrected chi connectivity index (χ2v) is 3.48. The molecule has 108 valence electrons. The molecular formula is C19H26O. The number of allylic oxidation sites excluding steroid dienone is 1. The summed E-state index contributed by atoms with van der Waals surface area (Å²) < 4.78 is 5.37. The van der Waals surface area contributed by atoms with Crippen LogP contribution in [0.2, 0.25) is 0 Å². The zero-order chi connectivity index (χ0) is 15.2. The Morgan fingerprint density at radius 1 is 0.700 bits per heavy atom. The number of hydrogen-bond donors (Lipinski definition) is 0. The minimum atomic E-state index is 0.859. The normalized spacial score (nSPS) is 9.05. The standard InChI is InChI=1S/C15H14O.2C2H6/c1-2-12-16-15-10-8-14(9-11-15)13-6-4-3-5-7-13;2*1-2/h2-12H,1H3;2*1-2H3/b12-2+;;. The van der Waals surface area contributed by atoms with E-state index in [1.54, 1.807) is 6.26 Å². The summed E-state index contributed by atoms with van der Waals surface area (Å²) in [7, 11) is 0. The van der Waals surface area contributed by atoms with E-state index in [1.807, 2.05) is 71.0 Å². The van der Waals surface area contributed by atoms with E-state index in [2.05, 4.69) is 24.3 Å². The minimum absolute atomic E-state index is 0.859. The molecule has 2 aromatic rings. The Bertz CT molecular complexity index is 455. The van der Waals surface area contributed by atoms with Gasteiger partial charge in [-0.1, -0.05) is 76.2 Å². The van der Waals surface area contributed by atoms with E-state index < -0.39 is 0 Å². The molecule has 0 radical (unpaired) electrons. The molecule has 0 saturated heterocycles. The van der Waals surface area contributed by atoms with Crippen molar-refractivity contribution >= 4 is 0 Å². The summed E-state index contributed by atoms with van der Waals surface area (Å²) in [5.74, 6) is 0.859. The van der Waals surface area contributed by atoms with E-state index in [0.717, 1.165) is 5.75 Å². The van der Waals surface area contributed by atoms with E-state index in [4.69, 9.17) is 4.74 Å². The van der Waals surface area contributed by atoms with E-state index in [9.17, 15) is 0 Å². The maximum absolute atomic E-state index is 5.37. The maximum Gasteiger partial charge on any atom is 0.126 e. The molecule has 0 atom stereocenters. The number of ether oxygens (including phenoxy) is 1. The number of hydrogen-bond acceptors (Lipinski definition) is 1. The minimum Gasteiger partial charge on any atom is -0.465 e. The molecule has 2 aromatic carbocycles. The molecule has 0 amide bonds. The van der Waals surface area contributed by atoms with Crippen LogP contribution >= 0.6 is 0 Å². The van der Waals surface area contributed by atoms with Gasteiger partial charge in [0, 0.05) is 0 Å². The molecule has 20 heavy (non-hydrogen) atoms. The lowest BCUT2D eigenvalue weighted by Crippen LogP contribution is -1.82. The lowest BCUT2D eigenvalue weighted by atomic mass is 10.1. The molecule has 0 N–H and O–H groups in total. The van der Waals surface area contributed by atoms with Gasteiger partial charge in [0.25, 0.3) is 0 Å². The Morgan fingerprint density at radius 2 is 1.20 bits per heavy atom. The summed E-state index contributed by atoms with van der Waals surface area (Å²) in [4.78, 5) is 0. The summed E-state index contributed by atoms with van der Waals surface area (Å²) >= 11 is 0. The highest BCUT2D eigenvalue weighted by atomic mass is 16.5. The molecule has 0 aliphatic rings. The lowest BCUT2D eigenvalue weighted by molar-refractivity contribution is 0.480. The largest absolute Gasteiger partial charge is 0.465 e. The first-order valence-electron chi connectivity index (χ1n) is 7.33. The molecule has 0 unspecified atom stereocenters. The smallest absolute Gasteiger partial charge is 0.126 e. The first kappa shape index (κ1) is 18.0. The van der Waals surface area contributed by atoms with Gasteiger partial charge < -0.3 is 4.74 Å². The van der Waals surface area contributed by atoms with Crippen molar-refractivity contribution in [3.63, 3.8) is 0 Å². The molecule has 0 heterocycles. The van der Waals surface area contributed by atoms with Gasteiger partial charge in [-0.05, 0) is 30.2 Å². The SMILES string of the molecule is C/C=C/Oc1ccc(-c2ccccc2)cc1.CC.CC. The molecule has 1 heteroatoms. The van der Waals surface area contributed by atoms with Crippen molar-refractivity contribution < 1.29 is 4.74 Å². The molecule has 1 nitrogen and oxygen atoms in total. The van der Waals surface area contributed by atoms with Crippen molar-refractivity contribution in [1.29, 1.82) is 0 Å². The van der Waals surface area contributed by atoms with Crippen molar-refractivity contribution in [2.75, 3.05) is 0 Å². The Labute approximate surface area is 123 Å². The molecule has 2 rings (SSSR count). The van der Waals surface area contributed by atoms with Gasteiger partial charge in [-0.2, -0.15) is 0 Å². The van der Waals surface area contributed by atoms with Crippen LogP contribution in [0.3, 0.4) is 0 Å². The van der Waals surface area contributed by atoms with E-state index >= 15 is 0 Å². The quantitative estimate of drug-likeness (QED) is 0.593. The van der Waals surface area contributed by atoms with Gasteiger partial charge in [-0.3, -0.25) is 0 Å². The van der Waals surface area contributed by atoms with Crippen molar-refractivity contribution in [2.45, 2.75) is 34.6 Å². The van der Waals surface area contributed by atoms with Crippen LogP contribution in [-0.2, 0) is 0 Å². The molecule has 0 fully saturated rings. The fourth-order valence-electron chi connectivity index (χ4n) is 1.50. The Kier molecular flexibility index (Phi) is 10.8. The molecule has 0 aliphatic heterocycles. The van der Waals surface area contributed by atoms with Gasteiger partial charge in [0.15, 0.2) is 0 Å². The summed E-state index contributed by atoms with van der Waals surface area (Å²) in [5, 5.41) is 0. The first-order valence-corrected chi connectivity index (χ1v) is 7.33. The van der Waals surface area contributed by atoms with E-state index in [0.29, 0.717) is 0 Å². The summed E-state index contributed by atoms with van der Waals surface area (Å²) in [6, 6.07) is 18.4. The van der Waals surface area contributed by atoms with E-state index in [-0.39, 0.29) is 0 Å². The van der Waals surface area contributed by atoms with Gasteiger partial charge in [0.05, 0.1) is 6.26 Å². The molecule has 0 aromatic heterocycles. The third-order valence-corrected chi connectivity index (χ3v) is 2.30. The van der Waals surface area contributed by atoms with Crippen LogP contribution in [0.1, 0.15) is 34.6 Å². The number of benzene rings is 2. The highest BCUT2D eigenvalue weighted by molar-refractivity contribution is 5.63. The molecular weight excluding hydrogens is 244 g/mol. The average Bonchev–Trinajstić information content (AvgIpc) is 2.58.